The summed E-state index contributed by atoms with van der Waals surface area (Å²) in [5, 5.41) is 2.93. The SMILES string of the molecule is C[Si](C)(C)C/C=C\C1CCC(=O)N1. The van der Waals surface area contributed by atoms with Crippen molar-refractivity contribution in [1.82, 2.24) is 5.32 Å². The van der Waals surface area contributed by atoms with Crippen LogP contribution >= 0.6 is 0 Å². The Morgan fingerprint density at radius 1 is 1.54 bits per heavy atom. The molecule has 1 unspecified atom stereocenters. The van der Waals surface area contributed by atoms with E-state index in [9.17, 15) is 4.79 Å². The fourth-order valence-corrected chi connectivity index (χ4v) is 2.21. The third-order valence-corrected chi connectivity index (χ3v) is 3.59. The van der Waals surface area contributed by atoms with Crippen molar-refractivity contribution in [2.45, 2.75) is 44.6 Å². The Kier molecular flexibility index (Phi) is 3.31. The van der Waals surface area contributed by atoms with Crippen LogP contribution in [0.4, 0.5) is 0 Å². The van der Waals surface area contributed by atoms with E-state index in [1.165, 1.54) is 6.04 Å². The lowest BCUT2D eigenvalue weighted by atomic mass is 10.2. The Hall–Kier alpha value is -0.573. The second kappa shape index (κ2) is 4.09. The molecule has 13 heavy (non-hydrogen) atoms. The second-order valence-corrected chi connectivity index (χ2v) is 10.4. The first kappa shape index (κ1) is 10.5. The first-order valence-corrected chi connectivity index (χ1v) is 8.64. The van der Waals surface area contributed by atoms with Gasteiger partial charge in [0.2, 0.25) is 5.91 Å². The zero-order chi connectivity index (χ0) is 9.90. The Balaban J connectivity index is 2.29. The van der Waals surface area contributed by atoms with E-state index in [2.05, 4.69) is 37.1 Å². The third-order valence-electron chi connectivity index (χ3n) is 2.13. The van der Waals surface area contributed by atoms with E-state index in [4.69, 9.17) is 0 Å². The van der Waals surface area contributed by atoms with Crippen LogP contribution in [0.5, 0.6) is 0 Å². The Morgan fingerprint density at radius 2 is 2.23 bits per heavy atom. The van der Waals surface area contributed by atoms with Crippen LogP contribution in [0.15, 0.2) is 12.2 Å². The summed E-state index contributed by atoms with van der Waals surface area (Å²) in [6, 6.07) is 1.52. The number of nitrogens with one attached hydrogen (secondary N) is 1. The van der Waals surface area contributed by atoms with Gasteiger partial charge in [0.05, 0.1) is 0 Å². The van der Waals surface area contributed by atoms with Crippen LogP contribution < -0.4 is 5.32 Å². The van der Waals surface area contributed by atoms with Crippen LogP contribution in [-0.2, 0) is 4.79 Å². The topological polar surface area (TPSA) is 29.1 Å². The number of rotatable bonds is 3. The number of hydrogen-bond donors (Lipinski definition) is 1. The molecule has 1 fully saturated rings. The highest BCUT2D eigenvalue weighted by Crippen LogP contribution is 2.12. The van der Waals surface area contributed by atoms with E-state index < -0.39 is 8.07 Å². The monoisotopic (exact) mass is 197 g/mol. The minimum absolute atomic E-state index is 0.197. The summed E-state index contributed by atoms with van der Waals surface area (Å²) in [6.07, 6.45) is 6.06. The zero-order valence-electron chi connectivity index (χ0n) is 8.76. The Morgan fingerprint density at radius 3 is 2.69 bits per heavy atom. The molecule has 1 saturated heterocycles. The lowest BCUT2D eigenvalue weighted by Crippen LogP contribution is -2.23. The van der Waals surface area contributed by atoms with Gasteiger partial charge in [-0.3, -0.25) is 4.79 Å². The Bertz CT molecular complexity index is 217. The maximum atomic E-state index is 10.9. The number of carbonyl (C=O) groups is 1. The molecule has 0 radical (unpaired) electrons. The molecule has 2 nitrogen and oxygen atoms in total. The summed E-state index contributed by atoms with van der Waals surface area (Å²) in [5.74, 6) is 0.197. The molecular formula is C10H19NOSi. The quantitative estimate of drug-likeness (QED) is 0.545. The van der Waals surface area contributed by atoms with Crippen molar-refractivity contribution in [3.63, 3.8) is 0 Å². The van der Waals surface area contributed by atoms with Crippen molar-refractivity contribution in [1.29, 1.82) is 0 Å². The molecule has 0 aromatic heterocycles. The molecule has 1 aliphatic heterocycles. The predicted molar refractivity (Wildman–Crippen MR) is 58.5 cm³/mol. The van der Waals surface area contributed by atoms with Gasteiger partial charge < -0.3 is 5.32 Å². The molecule has 0 bridgehead atoms. The average molecular weight is 197 g/mol. The molecule has 1 amide bonds. The van der Waals surface area contributed by atoms with Crippen LogP contribution in [0.2, 0.25) is 25.7 Å². The summed E-state index contributed by atoms with van der Waals surface area (Å²) in [4.78, 5) is 10.9. The van der Waals surface area contributed by atoms with Gasteiger partial charge in [-0.2, -0.15) is 0 Å². The minimum Gasteiger partial charge on any atom is -0.350 e. The molecule has 74 valence electrons. The molecule has 0 spiro atoms. The van der Waals surface area contributed by atoms with Gasteiger partial charge in [0.1, 0.15) is 0 Å². The molecule has 0 aromatic carbocycles. The van der Waals surface area contributed by atoms with E-state index in [0.29, 0.717) is 12.5 Å². The van der Waals surface area contributed by atoms with Crippen molar-refractivity contribution in [2.75, 3.05) is 0 Å². The van der Waals surface area contributed by atoms with E-state index in [1.54, 1.807) is 0 Å². The summed E-state index contributed by atoms with van der Waals surface area (Å²) in [7, 11) is -0.946. The van der Waals surface area contributed by atoms with Crippen molar-refractivity contribution in [2.24, 2.45) is 0 Å². The average Bonchev–Trinajstić information content (AvgIpc) is 2.33. The smallest absolute Gasteiger partial charge is 0.220 e. The van der Waals surface area contributed by atoms with Crippen LogP contribution in [-0.4, -0.2) is 20.0 Å². The largest absolute Gasteiger partial charge is 0.350 e. The highest BCUT2D eigenvalue weighted by atomic mass is 28.3. The summed E-state index contributed by atoms with van der Waals surface area (Å²) >= 11 is 0. The van der Waals surface area contributed by atoms with Gasteiger partial charge in [0, 0.05) is 20.5 Å². The van der Waals surface area contributed by atoms with Crippen LogP contribution in [0.25, 0.3) is 0 Å². The minimum atomic E-state index is -0.946. The summed E-state index contributed by atoms with van der Waals surface area (Å²) in [6.45, 7) is 7.06. The number of carbonyl (C=O) groups excluding carboxylic acids is 1. The van der Waals surface area contributed by atoms with Gasteiger partial charge in [0.25, 0.3) is 0 Å². The molecule has 1 heterocycles. The summed E-state index contributed by atoms with van der Waals surface area (Å²) < 4.78 is 0. The molecule has 1 aliphatic rings. The number of amides is 1. The van der Waals surface area contributed by atoms with E-state index in [-0.39, 0.29) is 5.91 Å². The molecule has 0 saturated carbocycles. The van der Waals surface area contributed by atoms with Crippen molar-refractivity contribution in [3.05, 3.63) is 12.2 Å². The van der Waals surface area contributed by atoms with Gasteiger partial charge in [-0.25, -0.2) is 0 Å². The van der Waals surface area contributed by atoms with Crippen molar-refractivity contribution >= 4 is 14.0 Å². The van der Waals surface area contributed by atoms with E-state index in [1.807, 2.05) is 0 Å². The fraction of sp³-hybridized carbons (Fsp3) is 0.700. The maximum absolute atomic E-state index is 10.9. The van der Waals surface area contributed by atoms with Gasteiger partial charge in [0.15, 0.2) is 0 Å². The van der Waals surface area contributed by atoms with Gasteiger partial charge in [-0.1, -0.05) is 31.8 Å². The first-order valence-electron chi connectivity index (χ1n) is 4.93. The fourth-order valence-electron chi connectivity index (χ4n) is 1.37. The van der Waals surface area contributed by atoms with Crippen LogP contribution in [0.1, 0.15) is 12.8 Å². The molecule has 1 N–H and O–H groups in total. The molecule has 1 rings (SSSR count). The molecular weight excluding hydrogens is 178 g/mol. The predicted octanol–water partition coefficient (Wildman–Crippen LogP) is 2.16. The van der Waals surface area contributed by atoms with Crippen LogP contribution in [0, 0.1) is 0 Å². The van der Waals surface area contributed by atoms with E-state index in [0.717, 1.165) is 6.42 Å². The van der Waals surface area contributed by atoms with E-state index >= 15 is 0 Å². The molecule has 1 atom stereocenters. The Labute approximate surface area is 81.4 Å². The lowest BCUT2D eigenvalue weighted by Gasteiger charge is -2.12. The first-order chi connectivity index (χ1) is 5.97. The zero-order valence-corrected chi connectivity index (χ0v) is 9.76. The lowest BCUT2D eigenvalue weighted by molar-refractivity contribution is -0.119. The third kappa shape index (κ3) is 4.27. The second-order valence-electron chi connectivity index (χ2n) is 4.91. The number of allylic oxidation sites excluding steroid dienone is 1. The number of hydrogen-bond acceptors (Lipinski definition) is 1. The normalized spacial score (nSPS) is 23.9. The van der Waals surface area contributed by atoms with Gasteiger partial charge in [-0.15, -0.1) is 0 Å². The standard InChI is InChI=1S/C10H19NOSi/c1-13(2,3)8-4-5-9-6-7-10(12)11-9/h4-5,9H,6-8H2,1-3H3,(H,11,12)/b5-4-. The van der Waals surface area contributed by atoms with Crippen molar-refractivity contribution < 1.29 is 4.79 Å². The maximum Gasteiger partial charge on any atom is 0.220 e. The highest BCUT2D eigenvalue weighted by molar-refractivity contribution is 6.76. The highest BCUT2D eigenvalue weighted by Gasteiger charge is 2.18. The molecule has 0 aliphatic carbocycles. The van der Waals surface area contributed by atoms with Crippen molar-refractivity contribution in [3.8, 4) is 0 Å². The van der Waals surface area contributed by atoms with Gasteiger partial charge >= 0.3 is 0 Å². The van der Waals surface area contributed by atoms with Crippen LogP contribution in [0.3, 0.4) is 0 Å². The van der Waals surface area contributed by atoms with Gasteiger partial charge in [-0.05, 0) is 12.5 Å². The summed E-state index contributed by atoms with van der Waals surface area (Å²) in [5.41, 5.74) is 0. The molecule has 0 aromatic rings. The molecule has 3 heteroatoms.